The lowest BCUT2D eigenvalue weighted by Gasteiger charge is -2.31. The third-order valence-electron chi connectivity index (χ3n) is 4.56. The van der Waals surface area contributed by atoms with Crippen molar-refractivity contribution in [1.82, 2.24) is 10.6 Å². The lowest BCUT2D eigenvalue weighted by molar-refractivity contribution is -0.132. The van der Waals surface area contributed by atoms with E-state index in [2.05, 4.69) is 30.7 Å². The first-order chi connectivity index (χ1) is 8.05. The van der Waals surface area contributed by atoms with Gasteiger partial charge in [0.25, 0.3) is 0 Å². The third kappa shape index (κ3) is 2.48. The van der Waals surface area contributed by atoms with Gasteiger partial charge in [-0.1, -0.05) is 13.8 Å². The van der Waals surface area contributed by atoms with E-state index < -0.39 is 0 Å². The minimum Gasteiger partial charge on any atom is -0.354 e. The van der Waals surface area contributed by atoms with Crippen molar-refractivity contribution in [2.75, 3.05) is 25.9 Å². The SMILES string of the molecule is CSC1(CNC(=O)C2(C(C)C)CCNC2)CC1. The summed E-state index contributed by atoms with van der Waals surface area (Å²) in [7, 11) is 0. The number of carbonyl (C=O) groups is 1. The van der Waals surface area contributed by atoms with Crippen LogP contribution in [0.25, 0.3) is 0 Å². The van der Waals surface area contributed by atoms with Crippen LogP contribution < -0.4 is 10.6 Å². The summed E-state index contributed by atoms with van der Waals surface area (Å²) in [4.78, 5) is 12.4. The molecule has 1 heterocycles. The summed E-state index contributed by atoms with van der Waals surface area (Å²) in [6.45, 7) is 6.98. The Balaban J connectivity index is 1.93. The second kappa shape index (κ2) is 4.81. The quantitative estimate of drug-likeness (QED) is 0.785. The summed E-state index contributed by atoms with van der Waals surface area (Å²) < 4.78 is 0.361. The maximum absolute atomic E-state index is 12.4. The molecule has 1 unspecified atom stereocenters. The maximum Gasteiger partial charge on any atom is 0.227 e. The number of hydrogen-bond acceptors (Lipinski definition) is 3. The zero-order valence-electron chi connectivity index (χ0n) is 11.1. The summed E-state index contributed by atoms with van der Waals surface area (Å²) in [6, 6.07) is 0. The third-order valence-corrected chi connectivity index (χ3v) is 5.98. The number of carbonyl (C=O) groups excluding carboxylic acids is 1. The normalized spacial score (nSPS) is 30.6. The molecular formula is C13H24N2OS. The molecule has 0 spiro atoms. The van der Waals surface area contributed by atoms with Crippen LogP contribution in [0, 0.1) is 11.3 Å². The van der Waals surface area contributed by atoms with Crippen molar-refractivity contribution < 1.29 is 4.79 Å². The molecule has 2 N–H and O–H groups in total. The smallest absolute Gasteiger partial charge is 0.227 e. The average molecular weight is 256 g/mol. The van der Waals surface area contributed by atoms with Crippen LogP contribution in [-0.2, 0) is 4.79 Å². The van der Waals surface area contributed by atoms with Crippen LogP contribution in [0.1, 0.15) is 33.1 Å². The van der Waals surface area contributed by atoms with Gasteiger partial charge in [0.15, 0.2) is 0 Å². The summed E-state index contributed by atoms with van der Waals surface area (Å²) in [5.74, 6) is 0.666. The molecule has 0 aromatic rings. The molecular weight excluding hydrogens is 232 g/mol. The van der Waals surface area contributed by atoms with Gasteiger partial charge in [-0.05, 0) is 38.0 Å². The molecule has 0 aromatic carbocycles. The zero-order chi connectivity index (χ0) is 12.5. The highest BCUT2D eigenvalue weighted by atomic mass is 32.2. The second-order valence-electron chi connectivity index (χ2n) is 5.81. The number of amides is 1. The summed E-state index contributed by atoms with van der Waals surface area (Å²) in [5, 5.41) is 6.54. The van der Waals surface area contributed by atoms with Crippen LogP contribution in [0.5, 0.6) is 0 Å². The van der Waals surface area contributed by atoms with Crippen molar-refractivity contribution in [2.45, 2.75) is 37.9 Å². The predicted molar refractivity (Wildman–Crippen MR) is 73.2 cm³/mol. The van der Waals surface area contributed by atoms with Crippen LogP contribution >= 0.6 is 11.8 Å². The minimum atomic E-state index is -0.172. The molecule has 98 valence electrons. The second-order valence-corrected chi connectivity index (χ2v) is 7.08. The Morgan fingerprint density at radius 2 is 2.12 bits per heavy atom. The fourth-order valence-electron chi connectivity index (χ4n) is 2.67. The molecule has 1 aliphatic heterocycles. The van der Waals surface area contributed by atoms with E-state index in [1.54, 1.807) is 0 Å². The minimum absolute atomic E-state index is 0.172. The van der Waals surface area contributed by atoms with Crippen molar-refractivity contribution in [3.05, 3.63) is 0 Å². The molecule has 2 aliphatic rings. The van der Waals surface area contributed by atoms with E-state index >= 15 is 0 Å². The van der Waals surface area contributed by atoms with Gasteiger partial charge in [0.1, 0.15) is 0 Å². The van der Waals surface area contributed by atoms with E-state index in [0.717, 1.165) is 26.1 Å². The fourth-order valence-corrected chi connectivity index (χ4v) is 3.40. The van der Waals surface area contributed by atoms with Gasteiger partial charge in [-0.3, -0.25) is 4.79 Å². The Bertz CT molecular complexity index is 294. The Morgan fingerprint density at radius 3 is 2.53 bits per heavy atom. The summed E-state index contributed by atoms with van der Waals surface area (Å²) in [6.07, 6.45) is 5.63. The van der Waals surface area contributed by atoms with Crippen LogP contribution in [0.3, 0.4) is 0 Å². The van der Waals surface area contributed by atoms with Crippen LogP contribution in [-0.4, -0.2) is 36.5 Å². The van der Waals surface area contributed by atoms with Crippen molar-refractivity contribution in [3.8, 4) is 0 Å². The molecule has 2 rings (SSSR count). The molecule has 0 aromatic heterocycles. The molecule has 1 saturated carbocycles. The highest BCUT2D eigenvalue weighted by molar-refractivity contribution is 8.00. The zero-order valence-corrected chi connectivity index (χ0v) is 12.0. The Hall–Kier alpha value is -0.220. The monoisotopic (exact) mass is 256 g/mol. The van der Waals surface area contributed by atoms with Gasteiger partial charge in [-0.15, -0.1) is 0 Å². The van der Waals surface area contributed by atoms with E-state index in [1.807, 2.05) is 11.8 Å². The number of thioether (sulfide) groups is 1. The average Bonchev–Trinajstić information content (AvgIpc) is 2.92. The van der Waals surface area contributed by atoms with Crippen LogP contribution in [0.4, 0.5) is 0 Å². The molecule has 1 amide bonds. The highest BCUT2D eigenvalue weighted by Gasteiger charge is 2.46. The van der Waals surface area contributed by atoms with Gasteiger partial charge in [-0.25, -0.2) is 0 Å². The molecule has 1 atom stereocenters. The highest BCUT2D eigenvalue weighted by Crippen LogP contribution is 2.46. The van der Waals surface area contributed by atoms with E-state index in [0.29, 0.717) is 10.7 Å². The number of nitrogens with one attached hydrogen (secondary N) is 2. The lowest BCUT2D eigenvalue weighted by atomic mass is 9.75. The van der Waals surface area contributed by atoms with Crippen molar-refractivity contribution in [1.29, 1.82) is 0 Å². The molecule has 1 saturated heterocycles. The number of rotatable bonds is 5. The summed E-state index contributed by atoms with van der Waals surface area (Å²) >= 11 is 1.90. The van der Waals surface area contributed by atoms with E-state index in [1.165, 1.54) is 12.8 Å². The van der Waals surface area contributed by atoms with Gasteiger partial charge >= 0.3 is 0 Å². The van der Waals surface area contributed by atoms with Gasteiger partial charge in [0, 0.05) is 17.8 Å². The maximum atomic E-state index is 12.4. The van der Waals surface area contributed by atoms with Crippen molar-refractivity contribution in [2.24, 2.45) is 11.3 Å². The van der Waals surface area contributed by atoms with E-state index in [-0.39, 0.29) is 11.3 Å². The molecule has 3 nitrogen and oxygen atoms in total. The van der Waals surface area contributed by atoms with Crippen molar-refractivity contribution >= 4 is 17.7 Å². The molecule has 1 aliphatic carbocycles. The number of hydrogen-bond donors (Lipinski definition) is 2. The van der Waals surface area contributed by atoms with Gasteiger partial charge in [0.05, 0.1) is 5.41 Å². The van der Waals surface area contributed by atoms with E-state index in [4.69, 9.17) is 0 Å². The molecule has 4 heteroatoms. The standard InChI is InChI=1S/C13H24N2OS/c1-10(2)13(6-7-14-9-13)11(16)15-8-12(17-3)4-5-12/h10,14H,4-9H2,1-3H3,(H,15,16). The first kappa shape index (κ1) is 13.2. The predicted octanol–water partition coefficient (Wildman–Crippen LogP) is 1.63. The van der Waals surface area contributed by atoms with Crippen LogP contribution in [0.2, 0.25) is 0 Å². The van der Waals surface area contributed by atoms with Gasteiger partial charge in [0.2, 0.25) is 5.91 Å². The largest absolute Gasteiger partial charge is 0.354 e. The molecule has 2 fully saturated rings. The molecule has 0 bridgehead atoms. The van der Waals surface area contributed by atoms with Gasteiger partial charge < -0.3 is 10.6 Å². The fraction of sp³-hybridized carbons (Fsp3) is 0.923. The first-order valence-electron chi connectivity index (χ1n) is 6.59. The molecule has 17 heavy (non-hydrogen) atoms. The van der Waals surface area contributed by atoms with Crippen molar-refractivity contribution in [3.63, 3.8) is 0 Å². The van der Waals surface area contributed by atoms with Gasteiger partial charge in [-0.2, -0.15) is 11.8 Å². The lowest BCUT2D eigenvalue weighted by Crippen LogP contribution is -2.47. The summed E-state index contributed by atoms with van der Waals surface area (Å²) in [5.41, 5.74) is -0.172. The Morgan fingerprint density at radius 1 is 1.41 bits per heavy atom. The van der Waals surface area contributed by atoms with Crippen LogP contribution in [0.15, 0.2) is 0 Å². The Labute approximate surface area is 108 Å². The molecule has 0 radical (unpaired) electrons. The Kier molecular flexibility index (Phi) is 3.74. The topological polar surface area (TPSA) is 41.1 Å². The first-order valence-corrected chi connectivity index (χ1v) is 7.81. The van der Waals surface area contributed by atoms with E-state index in [9.17, 15) is 4.79 Å².